The number of aryl methyl sites for hydroxylation is 1. The van der Waals surface area contributed by atoms with Crippen LogP contribution in [0, 0.1) is 6.92 Å². The highest BCUT2D eigenvalue weighted by Crippen LogP contribution is 2.27. The van der Waals surface area contributed by atoms with Crippen molar-refractivity contribution in [2.24, 2.45) is 0 Å². The van der Waals surface area contributed by atoms with Crippen molar-refractivity contribution in [3.63, 3.8) is 0 Å². The van der Waals surface area contributed by atoms with Gasteiger partial charge in [0.05, 0.1) is 6.04 Å². The molecule has 0 bridgehead atoms. The first kappa shape index (κ1) is 11.8. The van der Waals surface area contributed by atoms with E-state index in [1.54, 1.807) is 0 Å². The molecule has 1 aromatic carbocycles. The number of nitrogens with one attached hydrogen (secondary N) is 2. The van der Waals surface area contributed by atoms with E-state index in [4.69, 9.17) is 11.6 Å². The average Bonchev–Trinajstić information content (AvgIpc) is 2.94. The number of ketones is 1. The Morgan fingerprint density at radius 2 is 2.28 bits per heavy atom. The molecule has 3 nitrogen and oxygen atoms in total. The van der Waals surface area contributed by atoms with Gasteiger partial charge in [-0.25, -0.2) is 0 Å². The lowest BCUT2D eigenvalue weighted by Gasteiger charge is -2.09. The second-order valence-electron chi connectivity index (χ2n) is 4.83. The van der Waals surface area contributed by atoms with Crippen LogP contribution >= 0.6 is 11.6 Å². The van der Waals surface area contributed by atoms with Gasteiger partial charge in [0.1, 0.15) is 0 Å². The molecule has 0 saturated carbocycles. The Kier molecular flexibility index (Phi) is 2.88. The van der Waals surface area contributed by atoms with Crippen LogP contribution in [0.4, 0.5) is 0 Å². The maximum atomic E-state index is 12.5. The summed E-state index contributed by atoms with van der Waals surface area (Å²) in [7, 11) is 0. The van der Waals surface area contributed by atoms with E-state index in [2.05, 4.69) is 10.3 Å². The molecule has 1 saturated heterocycles. The number of aromatic nitrogens is 1. The van der Waals surface area contributed by atoms with Crippen molar-refractivity contribution in [3.8, 4) is 0 Å². The molecule has 2 heterocycles. The zero-order chi connectivity index (χ0) is 12.7. The topological polar surface area (TPSA) is 44.9 Å². The van der Waals surface area contributed by atoms with Crippen molar-refractivity contribution >= 4 is 28.3 Å². The summed E-state index contributed by atoms with van der Waals surface area (Å²) in [6, 6.07) is 5.58. The number of benzene rings is 1. The first-order chi connectivity index (χ1) is 8.66. The van der Waals surface area contributed by atoms with Crippen LogP contribution in [0.1, 0.15) is 28.9 Å². The van der Waals surface area contributed by atoms with E-state index in [1.165, 1.54) is 0 Å². The number of halogens is 1. The molecule has 1 fully saturated rings. The molecule has 0 aliphatic carbocycles. The molecular weight excluding hydrogens is 248 g/mol. The molecular formula is C14H15ClN2O. The van der Waals surface area contributed by atoms with Gasteiger partial charge in [0.25, 0.3) is 0 Å². The van der Waals surface area contributed by atoms with Gasteiger partial charge in [0.15, 0.2) is 5.78 Å². The van der Waals surface area contributed by atoms with Gasteiger partial charge in [-0.1, -0.05) is 11.6 Å². The lowest BCUT2D eigenvalue weighted by atomic mass is 10.00. The predicted molar refractivity (Wildman–Crippen MR) is 73.4 cm³/mol. The summed E-state index contributed by atoms with van der Waals surface area (Å²) in [4.78, 5) is 15.8. The quantitative estimate of drug-likeness (QED) is 0.817. The SMILES string of the molecule is Cc1[nH]c2ccc(Cl)cc2c1C(=O)C1CCCN1. The smallest absolute Gasteiger partial charge is 0.182 e. The number of Topliss-reactive ketones (excluding diaryl/α,β-unsaturated/α-hetero) is 1. The van der Waals surface area contributed by atoms with Crippen molar-refractivity contribution in [1.29, 1.82) is 0 Å². The van der Waals surface area contributed by atoms with Crippen LogP contribution in [0.3, 0.4) is 0 Å². The Bertz CT molecular complexity index is 612. The molecule has 1 unspecified atom stereocenters. The van der Waals surface area contributed by atoms with Crippen molar-refractivity contribution < 1.29 is 4.79 Å². The van der Waals surface area contributed by atoms with Crippen LogP contribution in [-0.4, -0.2) is 23.4 Å². The molecule has 18 heavy (non-hydrogen) atoms. The summed E-state index contributed by atoms with van der Waals surface area (Å²) in [5, 5.41) is 4.85. The highest BCUT2D eigenvalue weighted by molar-refractivity contribution is 6.31. The van der Waals surface area contributed by atoms with E-state index >= 15 is 0 Å². The van der Waals surface area contributed by atoms with E-state index in [9.17, 15) is 4.79 Å². The molecule has 3 rings (SSSR count). The number of rotatable bonds is 2. The minimum absolute atomic E-state index is 0.0401. The number of carbonyl (C=O) groups excluding carboxylic acids is 1. The molecule has 1 aromatic heterocycles. The fourth-order valence-electron chi connectivity index (χ4n) is 2.70. The Hall–Kier alpha value is -1.32. The fourth-order valence-corrected chi connectivity index (χ4v) is 2.87. The first-order valence-corrected chi connectivity index (χ1v) is 6.60. The third-order valence-corrected chi connectivity index (χ3v) is 3.81. The highest BCUT2D eigenvalue weighted by atomic mass is 35.5. The van der Waals surface area contributed by atoms with Crippen LogP contribution in [0.15, 0.2) is 18.2 Å². The molecule has 94 valence electrons. The number of carbonyl (C=O) groups is 1. The monoisotopic (exact) mass is 262 g/mol. The molecule has 0 spiro atoms. The maximum Gasteiger partial charge on any atom is 0.182 e. The molecule has 0 amide bonds. The lowest BCUT2D eigenvalue weighted by Crippen LogP contribution is -2.31. The highest BCUT2D eigenvalue weighted by Gasteiger charge is 2.26. The Morgan fingerprint density at radius 1 is 1.44 bits per heavy atom. The summed E-state index contributed by atoms with van der Waals surface area (Å²) in [5.41, 5.74) is 2.68. The minimum Gasteiger partial charge on any atom is -0.358 e. The van der Waals surface area contributed by atoms with Gasteiger partial charge in [-0.3, -0.25) is 4.79 Å². The molecule has 1 atom stereocenters. The zero-order valence-electron chi connectivity index (χ0n) is 10.2. The van der Waals surface area contributed by atoms with Crippen molar-refractivity contribution in [3.05, 3.63) is 34.5 Å². The normalized spacial score (nSPS) is 19.6. The largest absolute Gasteiger partial charge is 0.358 e. The summed E-state index contributed by atoms with van der Waals surface area (Å²) in [5.74, 6) is 0.179. The van der Waals surface area contributed by atoms with Gasteiger partial charge in [0, 0.05) is 27.2 Å². The van der Waals surface area contributed by atoms with Gasteiger partial charge in [-0.2, -0.15) is 0 Å². The van der Waals surface area contributed by atoms with Gasteiger partial charge in [-0.05, 0) is 44.5 Å². The molecule has 1 aliphatic heterocycles. The van der Waals surface area contributed by atoms with E-state index in [0.717, 1.165) is 41.5 Å². The van der Waals surface area contributed by atoms with Crippen molar-refractivity contribution in [1.82, 2.24) is 10.3 Å². The number of hydrogen-bond acceptors (Lipinski definition) is 2. The summed E-state index contributed by atoms with van der Waals surface area (Å²) in [6.07, 6.45) is 1.99. The van der Waals surface area contributed by atoms with Crippen LogP contribution in [0.25, 0.3) is 10.9 Å². The molecule has 0 radical (unpaired) electrons. The number of fused-ring (bicyclic) bond motifs is 1. The Labute approximate surface area is 111 Å². The summed E-state index contributed by atoms with van der Waals surface area (Å²) < 4.78 is 0. The number of H-pyrrole nitrogens is 1. The second-order valence-corrected chi connectivity index (χ2v) is 5.26. The average molecular weight is 263 g/mol. The van der Waals surface area contributed by atoms with Gasteiger partial charge in [0.2, 0.25) is 0 Å². The minimum atomic E-state index is -0.0401. The Balaban J connectivity index is 2.12. The van der Waals surface area contributed by atoms with E-state index in [-0.39, 0.29) is 11.8 Å². The van der Waals surface area contributed by atoms with Gasteiger partial charge in [-0.15, -0.1) is 0 Å². The number of hydrogen-bond donors (Lipinski definition) is 2. The fraction of sp³-hybridized carbons (Fsp3) is 0.357. The molecule has 2 N–H and O–H groups in total. The number of aromatic amines is 1. The molecule has 1 aliphatic rings. The summed E-state index contributed by atoms with van der Waals surface area (Å²) >= 11 is 6.02. The Morgan fingerprint density at radius 3 is 3.00 bits per heavy atom. The predicted octanol–water partition coefficient (Wildman–Crippen LogP) is 3.06. The van der Waals surface area contributed by atoms with Crippen molar-refractivity contribution in [2.45, 2.75) is 25.8 Å². The van der Waals surface area contributed by atoms with E-state index in [0.29, 0.717) is 5.02 Å². The third-order valence-electron chi connectivity index (χ3n) is 3.57. The van der Waals surface area contributed by atoms with E-state index < -0.39 is 0 Å². The van der Waals surface area contributed by atoms with Crippen molar-refractivity contribution in [2.75, 3.05) is 6.54 Å². The van der Waals surface area contributed by atoms with Gasteiger partial charge < -0.3 is 10.3 Å². The van der Waals surface area contributed by atoms with Gasteiger partial charge >= 0.3 is 0 Å². The van der Waals surface area contributed by atoms with Crippen LogP contribution in [0.5, 0.6) is 0 Å². The van der Waals surface area contributed by atoms with Crippen LogP contribution in [0.2, 0.25) is 5.02 Å². The maximum absolute atomic E-state index is 12.5. The van der Waals surface area contributed by atoms with E-state index in [1.807, 2.05) is 25.1 Å². The van der Waals surface area contributed by atoms with Crippen LogP contribution < -0.4 is 5.32 Å². The first-order valence-electron chi connectivity index (χ1n) is 6.22. The molecule has 4 heteroatoms. The standard InChI is InChI=1S/C14H15ClN2O/c1-8-13(14(18)12-3-2-6-16-12)10-7-9(15)4-5-11(10)17-8/h4-5,7,12,16-17H,2-3,6H2,1H3. The van der Waals surface area contributed by atoms with Crippen LogP contribution in [-0.2, 0) is 0 Å². The third kappa shape index (κ3) is 1.84. The summed E-state index contributed by atoms with van der Waals surface area (Å²) in [6.45, 7) is 2.87. The zero-order valence-corrected chi connectivity index (χ0v) is 11.0. The lowest BCUT2D eigenvalue weighted by molar-refractivity contribution is 0.0953. The molecule has 2 aromatic rings. The second kappa shape index (κ2) is 4.41.